The predicted octanol–water partition coefficient (Wildman–Crippen LogP) is 6.57. The van der Waals surface area contributed by atoms with Gasteiger partial charge in [-0.3, -0.25) is 13.9 Å². The van der Waals surface area contributed by atoms with Crippen LogP contribution in [0.2, 0.25) is 20.1 Å². The Balaban J connectivity index is 2.32. The maximum absolute atomic E-state index is 13.6. The zero-order chi connectivity index (χ0) is 28.6. The number of carbonyl (C=O) groups excluding carboxylic acids is 2. The van der Waals surface area contributed by atoms with Crippen LogP contribution in [0.1, 0.15) is 52.0 Å². The van der Waals surface area contributed by atoms with E-state index >= 15 is 0 Å². The molecule has 2 rings (SSSR count). The zero-order valence-corrected chi connectivity index (χ0v) is 25.6. The normalized spacial score (nSPS) is 13.1. The van der Waals surface area contributed by atoms with Crippen molar-refractivity contribution in [3.8, 4) is 0 Å². The number of benzene rings is 2. The van der Waals surface area contributed by atoms with Crippen LogP contribution >= 0.6 is 46.4 Å². The van der Waals surface area contributed by atoms with Gasteiger partial charge in [0.25, 0.3) is 0 Å². The van der Waals surface area contributed by atoms with Crippen molar-refractivity contribution in [1.29, 1.82) is 0 Å². The number of carbonyl (C=O) groups is 2. The zero-order valence-electron chi connectivity index (χ0n) is 21.8. The third kappa shape index (κ3) is 8.91. The van der Waals surface area contributed by atoms with Crippen LogP contribution in [0.15, 0.2) is 36.4 Å². The Bertz CT molecular complexity index is 1220. The molecule has 0 aromatic heterocycles. The molecule has 0 aliphatic carbocycles. The van der Waals surface area contributed by atoms with E-state index in [1.807, 2.05) is 20.8 Å². The minimum absolute atomic E-state index is 0.0127. The number of amides is 2. The lowest BCUT2D eigenvalue weighted by Crippen LogP contribution is -2.50. The summed E-state index contributed by atoms with van der Waals surface area (Å²) < 4.78 is 26.2. The van der Waals surface area contributed by atoms with Crippen molar-refractivity contribution >= 4 is 73.9 Å². The molecule has 7 nitrogen and oxygen atoms in total. The summed E-state index contributed by atoms with van der Waals surface area (Å²) in [5, 5.41) is 4.25. The van der Waals surface area contributed by atoms with E-state index in [4.69, 9.17) is 46.4 Å². The topological polar surface area (TPSA) is 86.8 Å². The molecule has 210 valence electrons. The third-order valence-corrected chi connectivity index (χ3v) is 8.55. The lowest BCUT2D eigenvalue weighted by molar-refractivity contribution is -0.141. The van der Waals surface area contributed by atoms with Gasteiger partial charge >= 0.3 is 0 Å². The molecule has 0 heterocycles. The van der Waals surface area contributed by atoms with Gasteiger partial charge in [0.05, 0.1) is 17.0 Å². The number of halogens is 4. The van der Waals surface area contributed by atoms with Gasteiger partial charge in [-0.25, -0.2) is 8.42 Å². The number of sulfonamides is 1. The second kappa shape index (κ2) is 14.6. The standard InChI is InChI=1S/C26H33Cl4N3O4S/c1-5-17(3)31-26(35)23(6-2)32(16-19-20(28)9-7-10-21(19)29)25(34)11-8-14-33(38(4,36)37)24-15-18(27)12-13-22(24)30/h7,9-10,12-13,15,17,23H,5-6,8,11,14,16H2,1-4H3,(H,31,35)/t17-,23+/m1/s1. The monoisotopic (exact) mass is 623 g/mol. The molecule has 2 amide bonds. The molecule has 0 spiro atoms. The molecule has 0 bridgehead atoms. The highest BCUT2D eigenvalue weighted by Crippen LogP contribution is 2.31. The molecule has 0 radical (unpaired) electrons. The van der Waals surface area contributed by atoms with Crippen molar-refractivity contribution in [2.45, 2.75) is 65.1 Å². The first-order valence-corrected chi connectivity index (χ1v) is 15.6. The molecule has 0 saturated heterocycles. The second-order valence-electron chi connectivity index (χ2n) is 9.00. The van der Waals surface area contributed by atoms with Gasteiger partial charge < -0.3 is 10.2 Å². The van der Waals surface area contributed by atoms with Gasteiger partial charge in [0.1, 0.15) is 6.04 Å². The Morgan fingerprint density at radius 3 is 2.16 bits per heavy atom. The molecule has 38 heavy (non-hydrogen) atoms. The Morgan fingerprint density at radius 2 is 1.61 bits per heavy atom. The maximum atomic E-state index is 13.6. The maximum Gasteiger partial charge on any atom is 0.243 e. The van der Waals surface area contributed by atoms with Crippen LogP contribution in [0.5, 0.6) is 0 Å². The number of nitrogens with one attached hydrogen (secondary N) is 1. The average Bonchev–Trinajstić information content (AvgIpc) is 2.84. The van der Waals surface area contributed by atoms with Gasteiger partial charge in [-0.1, -0.05) is 66.3 Å². The van der Waals surface area contributed by atoms with Crippen LogP contribution in [-0.2, 0) is 26.2 Å². The smallest absolute Gasteiger partial charge is 0.243 e. The van der Waals surface area contributed by atoms with Crippen molar-refractivity contribution < 1.29 is 18.0 Å². The first-order valence-electron chi connectivity index (χ1n) is 12.3. The fourth-order valence-electron chi connectivity index (χ4n) is 3.87. The SMILES string of the molecule is CC[C@@H](C)NC(=O)[C@H](CC)N(Cc1c(Cl)cccc1Cl)C(=O)CCCN(c1cc(Cl)ccc1Cl)S(C)(=O)=O. The van der Waals surface area contributed by atoms with Gasteiger partial charge in [0.2, 0.25) is 21.8 Å². The Hall–Kier alpha value is -1.71. The van der Waals surface area contributed by atoms with E-state index in [1.165, 1.54) is 17.0 Å². The first kappa shape index (κ1) is 32.5. The fraction of sp³-hybridized carbons (Fsp3) is 0.462. The van der Waals surface area contributed by atoms with E-state index in [1.54, 1.807) is 24.3 Å². The Morgan fingerprint density at radius 1 is 0.974 bits per heavy atom. The van der Waals surface area contributed by atoms with Gasteiger partial charge in [-0.15, -0.1) is 0 Å². The average molecular weight is 625 g/mol. The highest BCUT2D eigenvalue weighted by molar-refractivity contribution is 7.92. The van der Waals surface area contributed by atoms with E-state index < -0.39 is 16.1 Å². The molecule has 2 aromatic carbocycles. The Kier molecular flexibility index (Phi) is 12.5. The summed E-state index contributed by atoms with van der Waals surface area (Å²) in [6.45, 7) is 5.68. The highest BCUT2D eigenvalue weighted by atomic mass is 35.5. The molecular weight excluding hydrogens is 592 g/mol. The Labute approximate surface area is 245 Å². The molecular formula is C26H33Cl4N3O4S. The van der Waals surface area contributed by atoms with Crippen LogP contribution in [0, 0.1) is 0 Å². The summed E-state index contributed by atoms with van der Waals surface area (Å²) >= 11 is 25.1. The molecule has 2 atom stereocenters. The van der Waals surface area contributed by atoms with E-state index in [-0.39, 0.29) is 54.5 Å². The fourth-order valence-corrected chi connectivity index (χ4v) is 5.80. The predicted molar refractivity (Wildman–Crippen MR) is 157 cm³/mol. The summed E-state index contributed by atoms with van der Waals surface area (Å²) in [5.74, 6) is -0.611. The van der Waals surface area contributed by atoms with Gasteiger partial charge in [-0.2, -0.15) is 0 Å². The number of nitrogens with zero attached hydrogens (tertiary/aromatic N) is 2. The molecule has 0 aliphatic heterocycles. The number of anilines is 1. The van der Waals surface area contributed by atoms with Crippen molar-refractivity contribution in [1.82, 2.24) is 10.2 Å². The minimum Gasteiger partial charge on any atom is -0.352 e. The summed E-state index contributed by atoms with van der Waals surface area (Å²) in [7, 11) is -3.72. The lowest BCUT2D eigenvalue weighted by atomic mass is 10.1. The minimum atomic E-state index is -3.72. The molecule has 0 saturated carbocycles. The molecule has 0 aliphatic rings. The summed E-state index contributed by atoms with van der Waals surface area (Å²) in [4.78, 5) is 28.2. The summed E-state index contributed by atoms with van der Waals surface area (Å²) in [6.07, 6.45) is 2.30. The third-order valence-electron chi connectivity index (χ3n) is 6.11. The summed E-state index contributed by atoms with van der Waals surface area (Å²) in [5.41, 5.74) is 0.760. The quantitative estimate of drug-likeness (QED) is 0.273. The number of hydrogen-bond donors (Lipinski definition) is 1. The first-order chi connectivity index (χ1) is 17.8. The lowest BCUT2D eigenvalue weighted by Gasteiger charge is -2.32. The van der Waals surface area contributed by atoms with Crippen LogP contribution in [0.25, 0.3) is 0 Å². The number of rotatable bonds is 13. The van der Waals surface area contributed by atoms with Crippen molar-refractivity contribution in [3.63, 3.8) is 0 Å². The van der Waals surface area contributed by atoms with Crippen LogP contribution in [0.4, 0.5) is 5.69 Å². The second-order valence-corrected chi connectivity index (χ2v) is 12.6. The van der Waals surface area contributed by atoms with Crippen molar-refractivity contribution in [3.05, 3.63) is 62.1 Å². The molecule has 0 unspecified atom stereocenters. The number of hydrogen-bond acceptors (Lipinski definition) is 4. The van der Waals surface area contributed by atoms with Crippen LogP contribution in [-0.4, -0.2) is 50.0 Å². The van der Waals surface area contributed by atoms with E-state index in [9.17, 15) is 18.0 Å². The van der Waals surface area contributed by atoms with E-state index in [2.05, 4.69) is 5.32 Å². The van der Waals surface area contributed by atoms with Crippen molar-refractivity contribution in [2.24, 2.45) is 0 Å². The van der Waals surface area contributed by atoms with Crippen LogP contribution < -0.4 is 9.62 Å². The van der Waals surface area contributed by atoms with Crippen LogP contribution in [0.3, 0.4) is 0 Å². The van der Waals surface area contributed by atoms with Gasteiger partial charge in [0.15, 0.2) is 0 Å². The van der Waals surface area contributed by atoms with E-state index in [0.717, 1.165) is 17.0 Å². The summed E-state index contributed by atoms with van der Waals surface area (Å²) in [6, 6.07) is 8.75. The van der Waals surface area contributed by atoms with Gasteiger partial charge in [-0.05, 0) is 56.5 Å². The van der Waals surface area contributed by atoms with Crippen molar-refractivity contribution in [2.75, 3.05) is 17.1 Å². The highest BCUT2D eigenvalue weighted by Gasteiger charge is 2.30. The molecule has 2 aromatic rings. The largest absolute Gasteiger partial charge is 0.352 e. The molecule has 12 heteroatoms. The molecule has 1 N–H and O–H groups in total. The molecule has 0 fully saturated rings. The van der Waals surface area contributed by atoms with E-state index in [0.29, 0.717) is 27.1 Å². The van der Waals surface area contributed by atoms with Gasteiger partial charge in [0, 0.05) is 46.2 Å².